The third-order valence-corrected chi connectivity index (χ3v) is 2.56. The number of amides is 1. The van der Waals surface area contributed by atoms with E-state index in [0.717, 1.165) is 18.7 Å². The van der Waals surface area contributed by atoms with Crippen LogP contribution < -0.4 is 10.6 Å². The van der Waals surface area contributed by atoms with E-state index in [-0.39, 0.29) is 5.91 Å². The fourth-order valence-corrected chi connectivity index (χ4v) is 1.55. The van der Waals surface area contributed by atoms with Crippen molar-refractivity contribution in [1.29, 1.82) is 0 Å². The highest BCUT2D eigenvalue weighted by molar-refractivity contribution is 5.92. The van der Waals surface area contributed by atoms with Gasteiger partial charge in [-0.25, -0.2) is 4.98 Å². The van der Waals surface area contributed by atoms with Gasteiger partial charge in [0.05, 0.1) is 18.5 Å². The first kappa shape index (κ1) is 16.4. The second kappa shape index (κ2) is 9.31. The molecule has 1 heterocycles. The monoisotopic (exact) mass is 279 g/mol. The summed E-state index contributed by atoms with van der Waals surface area (Å²) < 4.78 is 5.40. The zero-order valence-corrected chi connectivity index (χ0v) is 12.6. The fraction of sp³-hybridized carbons (Fsp3) is 0.600. The fourth-order valence-electron chi connectivity index (χ4n) is 1.55. The highest BCUT2D eigenvalue weighted by Crippen LogP contribution is 2.05. The van der Waals surface area contributed by atoms with Crippen LogP contribution in [0.3, 0.4) is 0 Å². The maximum Gasteiger partial charge on any atom is 0.269 e. The molecule has 5 nitrogen and oxygen atoms in total. The minimum absolute atomic E-state index is 0.166. The number of carbonyl (C=O) groups is 1. The van der Waals surface area contributed by atoms with Gasteiger partial charge >= 0.3 is 0 Å². The molecule has 0 unspecified atom stereocenters. The molecule has 0 aliphatic rings. The third kappa shape index (κ3) is 6.52. The summed E-state index contributed by atoms with van der Waals surface area (Å²) in [5, 5.41) is 6.01. The van der Waals surface area contributed by atoms with Crippen molar-refractivity contribution in [1.82, 2.24) is 10.3 Å². The number of nitrogens with one attached hydrogen (secondary N) is 2. The number of carbonyl (C=O) groups excluding carboxylic acids is 1. The van der Waals surface area contributed by atoms with Crippen molar-refractivity contribution in [2.45, 2.75) is 27.2 Å². The van der Waals surface area contributed by atoms with Gasteiger partial charge in [0.25, 0.3) is 5.91 Å². The van der Waals surface area contributed by atoms with Crippen LogP contribution in [0.4, 0.5) is 5.69 Å². The van der Waals surface area contributed by atoms with Gasteiger partial charge in [0, 0.05) is 19.7 Å². The molecule has 0 atom stereocenters. The van der Waals surface area contributed by atoms with Gasteiger partial charge in [0.1, 0.15) is 5.69 Å². The SMILES string of the molecule is CCCNc1ccc(C(=O)NCCOCC(C)C)nc1. The van der Waals surface area contributed by atoms with Crippen molar-refractivity contribution in [3.05, 3.63) is 24.0 Å². The summed E-state index contributed by atoms with van der Waals surface area (Å²) in [6.07, 6.45) is 2.73. The van der Waals surface area contributed by atoms with Crippen LogP contribution in [0.15, 0.2) is 18.3 Å². The van der Waals surface area contributed by atoms with Crippen LogP contribution in [-0.4, -0.2) is 37.2 Å². The van der Waals surface area contributed by atoms with E-state index in [1.165, 1.54) is 0 Å². The van der Waals surface area contributed by atoms with Gasteiger partial charge < -0.3 is 15.4 Å². The molecule has 1 amide bonds. The van der Waals surface area contributed by atoms with Crippen molar-refractivity contribution in [3.8, 4) is 0 Å². The summed E-state index contributed by atoms with van der Waals surface area (Å²) in [4.78, 5) is 16.0. The van der Waals surface area contributed by atoms with E-state index >= 15 is 0 Å². The summed E-state index contributed by atoms with van der Waals surface area (Å²) >= 11 is 0. The van der Waals surface area contributed by atoms with Gasteiger partial charge in [-0.2, -0.15) is 0 Å². The van der Waals surface area contributed by atoms with Crippen LogP contribution in [0.5, 0.6) is 0 Å². The molecular formula is C15H25N3O2. The standard InChI is InChI=1S/C15H25N3O2/c1-4-7-16-13-5-6-14(18-10-13)15(19)17-8-9-20-11-12(2)3/h5-6,10,12,16H,4,7-9,11H2,1-3H3,(H,17,19). The van der Waals surface area contributed by atoms with Crippen LogP contribution in [0, 0.1) is 5.92 Å². The van der Waals surface area contributed by atoms with Crippen molar-refractivity contribution in [3.63, 3.8) is 0 Å². The minimum atomic E-state index is -0.166. The summed E-state index contributed by atoms with van der Waals surface area (Å²) in [6, 6.07) is 3.59. The van der Waals surface area contributed by atoms with E-state index < -0.39 is 0 Å². The Bertz CT molecular complexity index is 391. The Morgan fingerprint density at radius 2 is 2.15 bits per heavy atom. The minimum Gasteiger partial charge on any atom is -0.384 e. The Labute approximate surface area is 121 Å². The lowest BCUT2D eigenvalue weighted by Crippen LogP contribution is -2.28. The van der Waals surface area contributed by atoms with Crippen molar-refractivity contribution in [2.75, 3.05) is 31.6 Å². The topological polar surface area (TPSA) is 63.2 Å². The highest BCUT2D eigenvalue weighted by atomic mass is 16.5. The van der Waals surface area contributed by atoms with Crippen LogP contribution >= 0.6 is 0 Å². The number of anilines is 1. The molecule has 0 spiro atoms. The van der Waals surface area contributed by atoms with Crippen LogP contribution in [0.25, 0.3) is 0 Å². The number of hydrogen-bond acceptors (Lipinski definition) is 4. The van der Waals surface area contributed by atoms with Gasteiger partial charge in [-0.15, -0.1) is 0 Å². The number of ether oxygens (including phenoxy) is 1. The second-order valence-corrected chi connectivity index (χ2v) is 5.08. The summed E-state index contributed by atoms with van der Waals surface area (Å²) in [7, 11) is 0. The van der Waals surface area contributed by atoms with Gasteiger partial charge in [-0.05, 0) is 24.5 Å². The zero-order valence-electron chi connectivity index (χ0n) is 12.6. The van der Waals surface area contributed by atoms with Crippen LogP contribution in [0.1, 0.15) is 37.7 Å². The maximum atomic E-state index is 11.8. The predicted octanol–water partition coefficient (Wildman–Crippen LogP) is 2.31. The normalized spacial score (nSPS) is 10.6. The molecule has 0 saturated heterocycles. The average Bonchev–Trinajstić information content (AvgIpc) is 2.44. The number of hydrogen-bond donors (Lipinski definition) is 2. The lowest BCUT2D eigenvalue weighted by molar-refractivity contribution is 0.0882. The van der Waals surface area contributed by atoms with Gasteiger partial charge in [-0.1, -0.05) is 20.8 Å². The van der Waals surface area contributed by atoms with Crippen LogP contribution in [0.2, 0.25) is 0 Å². The number of nitrogens with zero attached hydrogens (tertiary/aromatic N) is 1. The second-order valence-electron chi connectivity index (χ2n) is 5.08. The Kier molecular flexibility index (Phi) is 7.65. The van der Waals surface area contributed by atoms with E-state index in [2.05, 4.69) is 36.4 Å². The third-order valence-electron chi connectivity index (χ3n) is 2.56. The Balaban J connectivity index is 2.29. The quantitative estimate of drug-likeness (QED) is 0.681. The molecule has 20 heavy (non-hydrogen) atoms. The summed E-state index contributed by atoms with van der Waals surface area (Å²) in [5.74, 6) is 0.343. The van der Waals surface area contributed by atoms with E-state index in [9.17, 15) is 4.79 Å². The first-order valence-corrected chi connectivity index (χ1v) is 7.19. The molecule has 1 aromatic heterocycles. The van der Waals surface area contributed by atoms with Crippen molar-refractivity contribution < 1.29 is 9.53 Å². The lowest BCUT2D eigenvalue weighted by Gasteiger charge is -2.08. The average molecular weight is 279 g/mol. The van der Waals surface area contributed by atoms with Gasteiger partial charge in [0.2, 0.25) is 0 Å². The molecule has 1 aromatic rings. The molecule has 112 valence electrons. The molecule has 1 rings (SSSR count). The Morgan fingerprint density at radius 3 is 2.75 bits per heavy atom. The Hall–Kier alpha value is -1.62. The van der Waals surface area contributed by atoms with Gasteiger partial charge in [0.15, 0.2) is 0 Å². The molecule has 0 aliphatic heterocycles. The van der Waals surface area contributed by atoms with E-state index in [1.54, 1.807) is 12.3 Å². The summed E-state index contributed by atoms with van der Waals surface area (Å²) in [5.41, 5.74) is 1.36. The van der Waals surface area contributed by atoms with E-state index in [4.69, 9.17) is 4.74 Å². The first-order valence-electron chi connectivity index (χ1n) is 7.19. The molecular weight excluding hydrogens is 254 g/mol. The molecule has 5 heteroatoms. The number of aromatic nitrogens is 1. The number of rotatable bonds is 9. The van der Waals surface area contributed by atoms with E-state index in [0.29, 0.717) is 31.4 Å². The maximum absolute atomic E-state index is 11.8. The molecule has 0 aliphatic carbocycles. The highest BCUT2D eigenvalue weighted by Gasteiger charge is 2.06. The zero-order chi connectivity index (χ0) is 14.8. The lowest BCUT2D eigenvalue weighted by atomic mass is 10.2. The van der Waals surface area contributed by atoms with Crippen molar-refractivity contribution in [2.24, 2.45) is 5.92 Å². The van der Waals surface area contributed by atoms with Crippen LogP contribution in [-0.2, 0) is 4.74 Å². The Morgan fingerprint density at radius 1 is 1.35 bits per heavy atom. The largest absolute Gasteiger partial charge is 0.384 e. The smallest absolute Gasteiger partial charge is 0.269 e. The molecule has 0 aromatic carbocycles. The van der Waals surface area contributed by atoms with Crippen molar-refractivity contribution >= 4 is 11.6 Å². The first-order chi connectivity index (χ1) is 9.63. The molecule has 2 N–H and O–H groups in total. The van der Waals surface area contributed by atoms with Gasteiger partial charge in [-0.3, -0.25) is 4.79 Å². The molecule has 0 saturated carbocycles. The molecule has 0 bridgehead atoms. The molecule has 0 radical (unpaired) electrons. The summed E-state index contributed by atoms with van der Waals surface area (Å²) in [6.45, 7) is 8.94. The predicted molar refractivity (Wildman–Crippen MR) is 81.0 cm³/mol. The molecule has 0 fully saturated rings. The van der Waals surface area contributed by atoms with E-state index in [1.807, 2.05) is 6.07 Å². The number of pyridine rings is 1.